The van der Waals surface area contributed by atoms with E-state index in [1.807, 2.05) is 59.5 Å². The molecule has 0 unspecified atom stereocenters. The van der Waals surface area contributed by atoms with Crippen LogP contribution >= 0.6 is 0 Å². The fourth-order valence-electron chi connectivity index (χ4n) is 5.27. The average molecular weight is 505 g/mol. The normalized spacial score (nSPS) is 12.3. The largest absolute Gasteiger partial charge is 0.453 e. The zero-order valence-corrected chi connectivity index (χ0v) is 20.6. The second-order valence-electron chi connectivity index (χ2n) is 9.23. The van der Waals surface area contributed by atoms with Crippen molar-refractivity contribution in [3.63, 3.8) is 0 Å². The first kappa shape index (κ1) is 21.5. The molecule has 1 aliphatic heterocycles. The van der Waals surface area contributed by atoms with Crippen LogP contribution in [0.3, 0.4) is 0 Å². The SMILES string of the molecule is c1cnc(-c2cc(-n3c4ccccc4c4ccccc43)nc(N3c4ccccc4Oc4ccccc43)n2)nc1. The summed E-state index contributed by atoms with van der Waals surface area (Å²) in [5, 5.41) is 2.32. The van der Waals surface area contributed by atoms with Crippen molar-refractivity contribution in [2.45, 2.75) is 0 Å². The number of para-hydroxylation sites is 6. The van der Waals surface area contributed by atoms with Gasteiger partial charge in [0.25, 0.3) is 0 Å². The van der Waals surface area contributed by atoms with Gasteiger partial charge in [-0.1, -0.05) is 60.7 Å². The smallest absolute Gasteiger partial charge is 0.237 e. The molecule has 0 atom stereocenters. The first-order chi connectivity index (χ1) is 19.3. The minimum absolute atomic E-state index is 0.500. The molecule has 7 nitrogen and oxygen atoms in total. The maximum atomic E-state index is 6.23. The Labute approximate surface area is 223 Å². The summed E-state index contributed by atoms with van der Waals surface area (Å²) in [5.74, 6) is 3.22. The molecule has 39 heavy (non-hydrogen) atoms. The Balaban J connectivity index is 1.45. The van der Waals surface area contributed by atoms with Gasteiger partial charge in [0.15, 0.2) is 17.3 Å². The van der Waals surface area contributed by atoms with Crippen molar-refractivity contribution < 1.29 is 4.74 Å². The molecule has 4 aromatic carbocycles. The third-order valence-electron chi connectivity index (χ3n) is 6.94. The molecule has 0 saturated heterocycles. The highest BCUT2D eigenvalue weighted by Gasteiger charge is 2.28. The zero-order chi connectivity index (χ0) is 25.8. The minimum atomic E-state index is 0.500. The molecular formula is C32H20N6O. The summed E-state index contributed by atoms with van der Waals surface area (Å²) in [6.07, 6.45) is 3.45. The number of hydrogen-bond acceptors (Lipinski definition) is 6. The third-order valence-corrected chi connectivity index (χ3v) is 6.94. The molecule has 0 aliphatic carbocycles. The summed E-state index contributed by atoms with van der Waals surface area (Å²) >= 11 is 0. The van der Waals surface area contributed by atoms with Crippen LogP contribution in [0.2, 0.25) is 0 Å². The molecule has 0 radical (unpaired) electrons. The molecule has 1 aliphatic rings. The standard InChI is InChI=1S/C32H20N6O/c1-3-12-24-21(10-1)22-11-2-4-13-25(22)37(24)30-20-23(31-33-18-9-19-34-31)35-32(36-30)38-26-14-5-7-16-28(26)39-29-17-8-6-15-27(29)38/h1-20H. The van der Waals surface area contributed by atoms with Crippen LogP contribution in [-0.4, -0.2) is 24.5 Å². The quantitative estimate of drug-likeness (QED) is 0.247. The van der Waals surface area contributed by atoms with Gasteiger partial charge in [-0.2, -0.15) is 4.98 Å². The van der Waals surface area contributed by atoms with Gasteiger partial charge in [-0.25, -0.2) is 15.0 Å². The Morgan fingerprint density at radius 3 is 1.77 bits per heavy atom. The number of benzene rings is 4. The Bertz CT molecular complexity index is 1920. The highest BCUT2D eigenvalue weighted by Crippen LogP contribution is 2.49. The van der Waals surface area contributed by atoms with Gasteiger partial charge < -0.3 is 4.74 Å². The van der Waals surface area contributed by atoms with E-state index in [2.05, 4.69) is 63.1 Å². The van der Waals surface area contributed by atoms with Crippen molar-refractivity contribution in [2.24, 2.45) is 0 Å². The number of rotatable bonds is 3. The fourth-order valence-corrected chi connectivity index (χ4v) is 5.27. The highest BCUT2D eigenvalue weighted by molar-refractivity contribution is 6.09. The lowest BCUT2D eigenvalue weighted by molar-refractivity contribution is 0.476. The van der Waals surface area contributed by atoms with Gasteiger partial charge in [0, 0.05) is 29.2 Å². The summed E-state index contributed by atoms with van der Waals surface area (Å²) < 4.78 is 8.42. The van der Waals surface area contributed by atoms with Gasteiger partial charge in [-0.15, -0.1) is 0 Å². The maximum Gasteiger partial charge on any atom is 0.237 e. The second kappa shape index (κ2) is 8.49. The fraction of sp³-hybridized carbons (Fsp3) is 0. The van der Waals surface area contributed by atoms with Gasteiger partial charge in [-0.05, 0) is 42.5 Å². The molecule has 0 N–H and O–H groups in total. The van der Waals surface area contributed by atoms with Gasteiger partial charge in [0.05, 0.1) is 22.4 Å². The molecule has 0 bridgehead atoms. The molecule has 8 rings (SSSR count). The summed E-state index contributed by atoms with van der Waals surface area (Å²) in [4.78, 5) is 21.3. The van der Waals surface area contributed by atoms with E-state index in [1.54, 1.807) is 18.5 Å². The van der Waals surface area contributed by atoms with Crippen molar-refractivity contribution >= 4 is 39.1 Å². The second-order valence-corrected chi connectivity index (χ2v) is 9.23. The van der Waals surface area contributed by atoms with Crippen molar-refractivity contribution in [1.29, 1.82) is 0 Å². The molecule has 7 heteroatoms. The zero-order valence-electron chi connectivity index (χ0n) is 20.6. The van der Waals surface area contributed by atoms with Crippen LogP contribution in [0.15, 0.2) is 122 Å². The van der Waals surface area contributed by atoms with E-state index in [0.717, 1.165) is 50.5 Å². The van der Waals surface area contributed by atoms with Gasteiger partial charge >= 0.3 is 0 Å². The van der Waals surface area contributed by atoms with E-state index >= 15 is 0 Å². The van der Waals surface area contributed by atoms with Crippen LogP contribution in [0.4, 0.5) is 17.3 Å². The molecule has 0 fully saturated rings. The number of hydrogen-bond donors (Lipinski definition) is 0. The predicted octanol–water partition coefficient (Wildman–Crippen LogP) is 7.61. The van der Waals surface area contributed by atoms with E-state index in [0.29, 0.717) is 17.5 Å². The van der Waals surface area contributed by atoms with Crippen molar-refractivity contribution in [2.75, 3.05) is 4.90 Å². The van der Waals surface area contributed by atoms with Crippen LogP contribution in [0.5, 0.6) is 11.5 Å². The summed E-state index contributed by atoms with van der Waals surface area (Å²) in [7, 11) is 0. The van der Waals surface area contributed by atoms with Crippen LogP contribution in [0, 0.1) is 0 Å². The van der Waals surface area contributed by atoms with Crippen LogP contribution in [-0.2, 0) is 0 Å². The Kier molecular flexibility index (Phi) is 4.69. The van der Waals surface area contributed by atoms with E-state index < -0.39 is 0 Å². The van der Waals surface area contributed by atoms with E-state index in [9.17, 15) is 0 Å². The molecule has 0 spiro atoms. The number of ether oxygens (including phenoxy) is 1. The molecule has 7 aromatic rings. The number of nitrogens with zero attached hydrogens (tertiary/aromatic N) is 6. The topological polar surface area (TPSA) is 69.0 Å². The third kappa shape index (κ3) is 3.37. The average Bonchev–Trinajstić information content (AvgIpc) is 3.34. The Hall–Kier alpha value is -5.56. The molecule has 0 saturated carbocycles. The van der Waals surface area contributed by atoms with Gasteiger partial charge in [0.1, 0.15) is 11.5 Å². The maximum absolute atomic E-state index is 6.23. The molecule has 3 aromatic heterocycles. The molecule has 184 valence electrons. The predicted molar refractivity (Wildman–Crippen MR) is 152 cm³/mol. The number of anilines is 3. The van der Waals surface area contributed by atoms with E-state index in [1.165, 1.54) is 0 Å². The van der Waals surface area contributed by atoms with Crippen LogP contribution in [0.1, 0.15) is 0 Å². The van der Waals surface area contributed by atoms with E-state index in [4.69, 9.17) is 14.7 Å². The number of fused-ring (bicyclic) bond motifs is 5. The lowest BCUT2D eigenvalue weighted by Gasteiger charge is -2.31. The van der Waals surface area contributed by atoms with Gasteiger partial charge in [0.2, 0.25) is 5.95 Å². The van der Waals surface area contributed by atoms with Crippen LogP contribution in [0.25, 0.3) is 39.1 Å². The Morgan fingerprint density at radius 2 is 1.13 bits per heavy atom. The Morgan fingerprint density at radius 1 is 0.564 bits per heavy atom. The first-order valence-corrected chi connectivity index (χ1v) is 12.7. The van der Waals surface area contributed by atoms with E-state index in [-0.39, 0.29) is 0 Å². The number of aromatic nitrogens is 5. The summed E-state index contributed by atoms with van der Waals surface area (Å²) in [5.41, 5.74) is 4.46. The van der Waals surface area contributed by atoms with Crippen LogP contribution < -0.4 is 9.64 Å². The lowest BCUT2D eigenvalue weighted by Crippen LogP contribution is -2.19. The molecular weight excluding hydrogens is 484 g/mol. The summed E-state index contributed by atoms with van der Waals surface area (Å²) in [6.45, 7) is 0. The molecule has 4 heterocycles. The first-order valence-electron chi connectivity index (χ1n) is 12.7. The monoisotopic (exact) mass is 504 g/mol. The minimum Gasteiger partial charge on any atom is -0.453 e. The van der Waals surface area contributed by atoms with Crippen molar-refractivity contribution in [1.82, 2.24) is 24.5 Å². The highest BCUT2D eigenvalue weighted by atomic mass is 16.5. The van der Waals surface area contributed by atoms with Crippen molar-refractivity contribution in [3.8, 4) is 28.8 Å². The van der Waals surface area contributed by atoms with Crippen molar-refractivity contribution in [3.05, 3.63) is 122 Å². The van der Waals surface area contributed by atoms with Gasteiger partial charge in [-0.3, -0.25) is 9.47 Å². The summed E-state index contributed by atoms with van der Waals surface area (Å²) in [6, 6.07) is 36.4. The lowest BCUT2D eigenvalue weighted by atomic mass is 10.1. The molecule has 0 amide bonds.